The van der Waals surface area contributed by atoms with E-state index in [1.165, 1.54) is 0 Å². The molecule has 0 bridgehead atoms. The van der Waals surface area contributed by atoms with Gasteiger partial charge >= 0.3 is 0 Å². The maximum atomic E-state index is 11.6. The second kappa shape index (κ2) is 6.38. The van der Waals surface area contributed by atoms with Crippen LogP contribution in [0.1, 0.15) is 19.3 Å². The van der Waals surface area contributed by atoms with E-state index >= 15 is 0 Å². The predicted octanol–water partition coefficient (Wildman–Crippen LogP) is -0.230. The molecule has 15 heavy (non-hydrogen) atoms. The number of carbonyl (C=O) groups is 1. The number of nitrogens with zero attached hydrogens (tertiary/aromatic N) is 1. The molecule has 0 aromatic carbocycles. The summed E-state index contributed by atoms with van der Waals surface area (Å²) in [6, 6.07) is 1.89. The molecule has 0 saturated carbocycles. The standard InChI is InChI=1S/C10H17N3O2/c11-4-2-1-3-5-13-10(14)8-6-15-7-9(8)12/h8-9H,1-3,5-7,12H2,(H,13,14). The Morgan fingerprint density at radius 2 is 2.33 bits per heavy atom. The van der Waals surface area contributed by atoms with Crippen LogP contribution < -0.4 is 11.1 Å². The quantitative estimate of drug-likeness (QED) is 0.615. The summed E-state index contributed by atoms with van der Waals surface area (Å²) < 4.78 is 5.11. The van der Waals surface area contributed by atoms with Gasteiger partial charge in [-0.05, 0) is 12.8 Å². The van der Waals surface area contributed by atoms with Gasteiger partial charge in [0, 0.05) is 19.0 Å². The van der Waals surface area contributed by atoms with Gasteiger partial charge in [0.1, 0.15) is 0 Å². The SMILES string of the molecule is N#CCCCCNC(=O)C1COCC1N. The van der Waals surface area contributed by atoms with Gasteiger partial charge in [-0.2, -0.15) is 5.26 Å². The van der Waals surface area contributed by atoms with Crippen LogP contribution >= 0.6 is 0 Å². The number of nitrogens with one attached hydrogen (secondary N) is 1. The molecule has 2 atom stereocenters. The minimum atomic E-state index is -0.207. The van der Waals surface area contributed by atoms with Crippen LogP contribution in [0.2, 0.25) is 0 Å². The lowest BCUT2D eigenvalue weighted by Gasteiger charge is -2.12. The van der Waals surface area contributed by atoms with Gasteiger partial charge in [-0.3, -0.25) is 4.79 Å². The molecule has 1 rings (SSSR count). The van der Waals surface area contributed by atoms with Gasteiger partial charge in [0.25, 0.3) is 0 Å². The van der Waals surface area contributed by atoms with E-state index in [-0.39, 0.29) is 17.9 Å². The molecule has 0 aromatic rings. The molecule has 1 aliphatic heterocycles. The van der Waals surface area contributed by atoms with Crippen molar-refractivity contribution in [2.24, 2.45) is 11.7 Å². The lowest BCUT2D eigenvalue weighted by atomic mass is 10.0. The minimum Gasteiger partial charge on any atom is -0.379 e. The van der Waals surface area contributed by atoms with Crippen LogP contribution in [0, 0.1) is 17.2 Å². The van der Waals surface area contributed by atoms with E-state index in [1.54, 1.807) is 0 Å². The van der Waals surface area contributed by atoms with E-state index in [9.17, 15) is 4.79 Å². The average molecular weight is 211 g/mol. The molecule has 5 heteroatoms. The summed E-state index contributed by atoms with van der Waals surface area (Å²) in [5.41, 5.74) is 5.70. The number of unbranched alkanes of at least 4 members (excludes halogenated alkanes) is 2. The van der Waals surface area contributed by atoms with Gasteiger partial charge < -0.3 is 15.8 Å². The number of nitriles is 1. The number of hydrogen-bond acceptors (Lipinski definition) is 4. The highest BCUT2D eigenvalue weighted by Crippen LogP contribution is 2.11. The van der Waals surface area contributed by atoms with Gasteiger partial charge in [0.05, 0.1) is 25.2 Å². The van der Waals surface area contributed by atoms with Crippen molar-refractivity contribution >= 4 is 5.91 Å². The third-order valence-corrected chi connectivity index (χ3v) is 2.48. The zero-order valence-electron chi connectivity index (χ0n) is 8.74. The molecule has 1 heterocycles. The van der Waals surface area contributed by atoms with Gasteiger partial charge in [-0.15, -0.1) is 0 Å². The van der Waals surface area contributed by atoms with E-state index in [0.29, 0.717) is 26.2 Å². The second-order valence-corrected chi connectivity index (χ2v) is 3.71. The number of nitrogens with two attached hydrogens (primary N) is 1. The first-order chi connectivity index (χ1) is 7.25. The number of ether oxygens (including phenoxy) is 1. The Morgan fingerprint density at radius 3 is 2.93 bits per heavy atom. The van der Waals surface area contributed by atoms with E-state index in [1.807, 2.05) is 0 Å². The fraction of sp³-hybridized carbons (Fsp3) is 0.800. The van der Waals surface area contributed by atoms with Gasteiger partial charge in [0.2, 0.25) is 5.91 Å². The Hall–Kier alpha value is -1.12. The lowest BCUT2D eigenvalue weighted by molar-refractivity contribution is -0.125. The fourth-order valence-electron chi connectivity index (χ4n) is 1.51. The molecule has 1 amide bonds. The van der Waals surface area contributed by atoms with Gasteiger partial charge in [-0.25, -0.2) is 0 Å². The first-order valence-corrected chi connectivity index (χ1v) is 5.23. The summed E-state index contributed by atoms with van der Waals surface area (Å²) >= 11 is 0. The van der Waals surface area contributed by atoms with Crippen molar-refractivity contribution in [3.05, 3.63) is 0 Å². The number of carbonyl (C=O) groups excluding carboxylic acids is 1. The summed E-state index contributed by atoms with van der Waals surface area (Å²) in [7, 11) is 0. The summed E-state index contributed by atoms with van der Waals surface area (Å²) in [6.07, 6.45) is 2.20. The normalized spacial score (nSPS) is 24.8. The molecule has 5 nitrogen and oxygen atoms in total. The topological polar surface area (TPSA) is 88.1 Å². The molecular weight excluding hydrogens is 194 g/mol. The van der Waals surface area contributed by atoms with Crippen molar-refractivity contribution in [1.29, 1.82) is 5.26 Å². The number of rotatable bonds is 5. The van der Waals surface area contributed by atoms with Gasteiger partial charge in [0.15, 0.2) is 0 Å². The number of amides is 1. The molecule has 0 radical (unpaired) electrons. The van der Waals surface area contributed by atoms with Crippen molar-refractivity contribution < 1.29 is 9.53 Å². The van der Waals surface area contributed by atoms with Crippen LogP contribution in [0.4, 0.5) is 0 Å². The Kier molecular flexibility index (Phi) is 5.08. The molecule has 0 aliphatic carbocycles. The van der Waals surface area contributed by atoms with Gasteiger partial charge in [-0.1, -0.05) is 0 Å². The Balaban J connectivity index is 2.11. The monoisotopic (exact) mass is 211 g/mol. The summed E-state index contributed by atoms with van der Waals surface area (Å²) in [5.74, 6) is -0.238. The average Bonchev–Trinajstić information content (AvgIpc) is 2.64. The Morgan fingerprint density at radius 1 is 1.53 bits per heavy atom. The van der Waals surface area contributed by atoms with Crippen LogP contribution in [0.25, 0.3) is 0 Å². The highest BCUT2D eigenvalue weighted by Gasteiger charge is 2.30. The maximum absolute atomic E-state index is 11.6. The van der Waals surface area contributed by atoms with E-state index in [0.717, 1.165) is 12.8 Å². The molecule has 0 aromatic heterocycles. The Labute approximate surface area is 89.6 Å². The molecule has 1 aliphatic rings. The largest absolute Gasteiger partial charge is 0.379 e. The number of hydrogen-bond donors (Lipinski definition) is 2. The van der Waals surface area contributed by atoms with Crippen LogP contribution in [0.3, 0.4) is 0 Å². The molecule has 1 saturated heterocycles. The molecule has 2 unspecified atom stereocenters. The molecule has 0 spiro atoms. The Bertz CT molecular complexity index is 250. The van der Waals surface area contributed by atoms with Crippen molar-refractivity contribution in [3.63, 3.8) is 0 Å². The van der Waals surface area contributed by atoms with Crippen LogP contribution in [0.5, 0.6) is 0 Å². The summed E-state index contributed by atoms with van der Waals surface area (Å²) in [4.78, 5) is 11.6. The maximum Gasteiger partial charge on any atom is 0.227 e. The zero-order valence-corrected chi connectivity index (χ0v) is 8.74. The third-order valence-electron chi connectivity index (χ3n) is 2.48. The third kappa shape index (κ3) is 3.86. The molecule has 3 N–H and O–H groups in total. The first-order valence-electron chi connectivity index (χ1n) is 5.23. The molecule has 1 fully saturated rings. The second-order valence-electron chi connectivity index (χ2n) is 3.71. The smallest absolute Gasteiger partial charge is 0.227 e. The highest BCUT2D eigenvalue weighted by atomic mass is 16.5. The molecule has 84 valence electrons. The fourth-order valence-corrected chi connectivity index (χ4v) is 1.51. The zero-order chi connectivity index (χ0) is 11.1. The van der Waals surface area contributed by atoms with E-state index in [2.05, 4.69) is 11.4 Å². The van der Waals surface area contributed by atoms with Crippen LogP contribution in [-0.4, -0.2) is 31.7 Å². The van der Waals surface area contributed by atoms with Crippen molar-refractivity contribution in [3.8, 4) is 6.07 Å². The van der Waals surface area contributed by atoms with E-state index in [4.69, 9.17) is 15.7 Å². The summed E-state index contributed by atoms with van der Waals surface area (Å²) in [5, 5.41) is 11.1. The van der Waals surface area contributed by atoms with Crippen molar-refractivity contribution in [2.75, 3.05) is 19.8 Å². The van der Waals surface area contributed by atoms with Crippen molar-refractivity contribution in [1.82, 2.24) is 5.32 Å². The predicted molar refractivity (Wildman–Crippen MR) is 54.8 cm³/mol. The van der Waals surface area contributed by atoms with Crippen molar-refractivity contribution in [2.45, 2.75) is 25.3 Å². The van der Waals surface area contributed by atoms with Crippen LogP contribution in [-0.2, 0) is 9.53 Å². The first kappa shape index (κ1) is 12.0. The highest BCUT2D eigenvalue weighted by molar-refractivity contribution is 5.79. The lowest BCUT2D eigenvalue weighted by Crippen LogP contribution is -2.41. The minimum absolute atomic E-state index is 0.0306. The van der Waals surface area contributed by atoms with Crippen LogP contribution in [0.15, 0.2) is 0 Å². The summed E-state index contributed by atoms with van der Waals surface area (Å²) in [6.45, 7) is 1.50. The van der Waals surface area contributed by atoms with E-state index < -0.39 is 0 Å². The molecular formula is C10H17N3O2.